The molecule has 2 aliphatic rings. The zero-order chi connectivity index (χ0) is 25.2. The number of amides is 2. The molecule has 1 fully saturated rings. The number of carbonyl (C=O) groups excluding carboxylic acids is 1. The third-order valence-corrected chi connectivity index (χ3v) is 8.91. The molecule has 0 bridgehead atoms. The van der Waals surface area contributed by atoms with E-state index in [2.05, 4.69) is 4.98 Å². The summed E-state index contributed by atoms with van der Waals surface area (Å²) < 4.78 is 28.6. The van der Waals surface area contributed by atoms with Gasteiger partial charge < -0.3 is 14.9 Å². The summed E-state index contributed by atoms with van der Waals surface area (Å²) >= 11 is 0. The zero-order valence-corrected chi connectivity index (χ0v) is 20.1. The predicted octanol–water partition coefficient (Wildman–Crippen LogP) is 3.54. The minimum Gasteiger partial charge on any atom is -0.465 e. The molecule has 9 nitrogen and oxygen atoms in total. The molecule has 0 aliphatic carbocycles. The number of rotatable bonds is 3. The maximum absolute atomic E-state index is 13.7. The molecule has 0 radical (unpaired) electrons. The minimum atomic E-state index is -4.01. The number of fused-ring (bicyclic) bond motifs is 4. The quantitative estimate of drug-likeness (QED) is 0.459. The molecular weight excluding hydrogens is 480 g/mol. The summed E-state index contributed by atoms with van der Waals surface area (Å²) in [5.41, 5.74) is 1.66. The third kappa shape index (κ3) is 2.94. The number of hydrogen-bond acceptors (Lipinski definition) is 5. The van der Waals surface area contributed by atoms with Gasteiger partial charge in [-0.2, -0.15) is 0 Å². The van der Waals surface area contributed by atoms with Gasteiger partial charge in [0.2, 0.25) is 5.91 Å². The number of pyridine rings is 1. The summed E-state index contributed by atoms with van der Waals surface area (Å²) in [4.78, 5) is 32.8. The van der Waals surface area contributed by atoms with E-state index in [1.807, 2.05) is 30.3 Å². The van der Waals surface area contributed by atoms with Gasteiger partial charge in [0.05, 0.1) is 22.2 Å². The van der Waals surface area contributed by atoms with E-state index in [1.54, 1.807) is 31.4 Å². The standard InChI is InChI=1S/C26H22N4O5S/c1-28-20-14-27-23-21(22(20)26(24(28)31)12-13-29(16-26)25(32)33)19(17-8-4-2-5-9-17)15-30(23)36(34,35)18-10-6-3-7-11-18/h2-11,14-15H,12-13,16H2,1H3,(H,32,33). The number of hydrogen-bond donors (Lipinski definition) is 1. The van der Waals surface area contributed by atoms with Crippen molar-refractivity contribution in [3.8, 4) is 11.1 Å². The normalized spacial score (nSPS) is 19.4. The van der Waals surface area contributed by atoms with Crippen molar-refractivity contribution in [3.05, 3.63) is 78.6 Å². The maximum Gasteiger partial charge on any atom is 0.407 e. The molecule has 6 rings (SSSR count). The van der Waals surface area contributed by atoms with Crippen LogP contribution in [-0.4, -0.2) is 59.5 Å². The number of aromatic nitrogens is 2. The number of carbonyl (C=O) groups is 2. The Bertz CT molecular complexity index is 1650. The lowest BCUT2D eigenvalue weighted by Crippen LogP contribution is -2.41. The van der Waals surface area contributed by atoms with Crippen LogP contribution in [0.25, 0.3) is 22.2 Å². The van der Waals surface area contributed by atoms with Crippen molar-refractivity contribution in [3.63, 3.8) is 0 Å². The number of likely N-dealkylation sites (tertiary alicyclic amines) is 1. The average Bonchev–Trinajstić information content (AvgIpc) is 3.57. The fourth-order valence-electron chi connectivity index (χ4n) is 5.51. The van der Waals surface area contributed by atoms with Gasteiger partial charge in [-0.05, 0) is 24.1 Å². The molecule has 1 N–H and O–H groups in total. The van der Waals surface area contributed by atoms with E-state index in [0.717, 1.165) is 5.56 Å². The Kier molecular flexibility index (Phi) is 4.74. The highest BCUT2D eigenvalue weighted by molar-refractivity contribution is 7.90. The first-order valence-corrected chi connectivity index (χ1v) is 12.9. The fraction of sp³-hybridized carbons (Fsp3) is 0.192. The highest BCUT2D eigenvalue weighted by Gasteiger charge is 2.56. The van der Waals surface area contributed by atoms with Crippen molar-refractivity contribution >= 4 is 38.7 Å². The first kappa shape index (κ1) is 22.3. The molecule has 1 spiro atoms. The maximum atomic E-state index is 13.7. The second-order valence-corrected chi connectivity index (χ2v) is 11.0. The molecule has 4 aromatic rings. The van der Waals surface area contributed by atoms with E-state index in [9.17, 15) is 23.1 Å². The van der Waals surface area contributed by atoms with Crippen molar-refractivity contribution in [1.82, 2.24) is 13.9 Å². The number of likely N-dealkylation sites (N-methyl/N-ethyl adjacent to an activating group) is 1. The van der Waals surface area contributed by atoms with Crippen LogP contribution in [0.1, 0.15) is 12.0 Å². The minimum absolute atomic E-state index is 0.00245. The number of anilines is 1. The van der Waals surface area contributed by atoms with Gasteiger partial charge in [-0.3, -0.25) is 4.79 Å². The Balaban J connectivity index is 1.71. The predicted molar refractivity (Wildman–Crippen MR) is 133 cm³/mol. The topological polar surface area (TPSA) is 113 Å². The van der Waals surface area contributed by atoms with E-state index in [-0.39, 0.29) is 29.5 Å². The Morgan fingerprint density at radius 3 is 2.36 bits per heavy atom. The molecule has 1 atom stereocenters. The molecule has 1 unspecified atom stereocenters. The van der Waals surface area contributed by atoms with Gasteiger partial charge in [0.15, 0.2) is 5.65 Å². The van der Waals surface area contributed by atoms with Gasteiger partial charge in [-0.1, -0.05) is 48.5 Å². The van der Waals surface area contributed by atoms with Gasteiger partial charge in [0.25, 0.3) is 10.0 Å². The zero-order valence-electron chi connectivity index (χ0n) is 19.3. The lowest BCUT2D eigenvalue weighted by molar-refractivity contribution is -0.122. The van der Waals surface area contributed by atoms with Crippen LogP contribution in [0.2, 0.25) is 0 Å². The second kappa shape index (κ2) is 7.66. The van der Waals surface area contributed by atoms with Gasteiger partial charge in [-0.25, -0.2) is 22.2 Å². The molecule has 10 heteroatoms. The van der Waals surface area contributed by atoms with Gasteiger partial charge in [0.1, 0.15) is 0 Å². The third-order valence-electron chi connectivity index (χ3n) is 7.24. The highest BCUT2D eigenvalue weighted by atomic mass is 32.2. The molecule has 1 saturated heterocycles. The lowest BCUT2D eigenvalue weighted by Gasteiger charge is -2.23. The van der Waals surface area contributed by atoms with Gasteiger partial charge >= 0.3 is 6.09 Å². The molecule has 2 amide bonds. The average molecular weight is 503 g/mol. The Morgan fingerprint density at radius 1 is 1.06 bits per heavy atom. The summed E-state index contributed by atoms with van der Waals surface area (Å²) in [5.74, 6) is -0.215. The molecule has 0 saturated carbocycles. The summed E-state index contributed by atoms with van der Waals surface area (Å²) in [7, 11) is -2.36. The van der Waals surface area contributed by atoms with Crippen molar-refractivity contribution < 1.29 is 23.1 Å². The van der Waals surface area contributed by atoms with Crippen LogP contribution in [-0.2, 0) is 20.2 Å². The lowest BCUT2D eigenvalue weighted by atomic mass is 9.79. The van der Waals surface area contributed by atoms with E-state index in [4.69, 9.17) is 0 Å². The number of benzene rings is 2. The second-order valence-electron chi connectivity index (χ2n) is 9.14. The Morgan fingerprint density at radius 2 is 1.72 bits per heavy atom. The van der Waals surface area contributed by atoms with Crippen LogP contribution in [0.15, 0.2) is 78.0 Å². The smallest absolute Gasteiger partial charge is 0.407 e. The first-order chi connectivity index (χ1) is 17.3. The summed E-state index contributed by atoms with van der Waals surface area (Å²) in [6, 6.07) is 17.4. The molecule has 2 aromatic heterocycles. The van der Waals surface area contributed by atoms with Crippen LogP contribution >= 0.6 is 0 Å². The molecule has 182 valence electrons. The molecule has 2 aliphatic heterocycles. The SMILES string of the molecule is CN1C(=O)C2(CCN(C(=O)O)C2)c2c1cnc1c2c(-c2ccccc2)cn1S(=O)(=O)c1ccccc1. The Hall–Kier alpha value is -4.18. The highest BCUT2D eigenvalue weighted by Crippen LogP contribution is 2.51. The van der Waals surface area contributed by atoms with Crippen molar-refractivity contribution in [2.24, 2.45) is 0 Å². The van der Waals surface area contributed by atoms with E-state index in [1.165, 1.54) is 32.1 Å². The Labute approximate surface area is 207 Å². The van der Waals surface area contributed by atoms with Crippen LogP contribution < -0.4 is 4.90 Å². The number of nitrogens with zero attached hydrogens (tertiary/aromatic N) is 4. The first-order valence-electron chi connectivity index (χ1n) is 11.4. The monoisotopic (exact) mass is 502 g/mol. The fourth-order valence-corrected chi connectivity index (χ4v) is 6.85. The van der Waals surface area contributed by atoms with Crippen molar-refractivity contribution in [2.75, 3.05) is 25.0 Å². The van der Waals surface area contributed by atoms with Crippen LogP contribution in [0.4, 0.5) is 10.5 Å². The summed E-state index contributed by atoms with van der Waals surface area (Å²) in [6.07, 6.45) is 2.28. The summed E-state index contributed by atoms with van der Waals surface area (Å²) in [6.45, 7) is 0.213. The van der Waals surface area contributed by atoms with E-state index >= 15 is 0 Å². The molecule has 2 aromatic carbocycles. The largest absolute Gasteiger partial charge is 0.465 e. The van der Waals surface area contributed by atoms with E-state index in [0.29, 0.717) is 28.6 Å². The van der Waals surface area contributed by atoms with Crippen LogP contribution in [0.5, 0.6) is 0 Å². The number of carboxylic acid groups (broad SMARTS) is 1. The van der Waals surface area contributed by atoms with E-state index < -0.39 is 21.5 Å². The molecular formula is C26H22N4O5S. The summed E-state index contributed by atoms with van der Waals surface area (Å²) in [5, 5.41) is 10.2. The molecule has 4 heterocycles. The molecule has 36 heavy (non-hydrogen) atoms. The van der Waals surface area contributed by atoms with Gasteiger partial charge in [-0.15, -0.1) is 0 Å². The van der Waals surface area contributed by atoms with Crippen LogP contribution in [0.3, 0.4) is 0 Å². The van der Waals surface area contributed by atoms with Crippen molar-refractivity contribution in [2.45, 2.75) is 16.7 Å². The van der Waals surface area contributed by atoms with Crippen LogP contribution in [0, 0.1) is 0 Å². The van der Waals surface area contributed by atoms with Gasteiger partial charge in [0, 0.05) is 42.8 Å². The van der Waals surface area contributed by atoms with Crippen molar-refractivity contribution in [1.29, 1.82) is 0 Å².